The van der Waals surface area contributed by atoms with E-state index >= 15 is 0 Å². The Kier molecular flexibility index (Phi) is 4.90. The molecule has 1 aromatic carbocycles. The minimum atomic E-state index is -0.455. The van der Waals surface area contributed by atoms with E-state index in [-0.39, 0.29) is 0 Å². The molecule has 100 valence electrons. The molecule has 0 spiro atoms. The summed E-state index contributed by atoms with van der Waals surface area (Å²) in [5.74, 6) is 0. The number of nitrogens with zero attached hydrogens (tertiary/aromatic N) is 1. The SMILES string of the molecule is CC(O)c1ccc(N2CCCCCCC2)c(Cl)c1. The molecule has 1 N–H and O–H groups in total. The predicted octanol–water partition coefficient (Wildman–Crippen LogP) is 4.16. The Labute approximate surface area is 115 Å². The van der Waals surface area contributed by atoms with Crippen LogP contribution in [0.1, 0.15) is 50.7 Å². The van der Waals surface area contributed by atoms with Crippen LogP contribution in [0.3, 0.4) is 0 Å². The number of benzene rings is 1. The Morgan fingerprint density at radius 2 is 1.72 bits per heavy atom. The molecule has 0 amide bonds. The van der Waals surface area contributed by atoms with Crippen molar-refractivity contribution in [3.63, 3.8) is 0 Å². The minimum absolute atomic E-state index is 0.455. The van der Waals surface area contributed by atoms with Crippen LogP contribution in [-0.4, -0.2) is 18.2 Å². The van der Waals surface area contributed by atoms with Crippen LogP contribution in [0.25, 0.3) is 0 Å². The average Bonchev–Trinajstić information content (AvgIpc) is 2.29. The van der Waals surface area contributed by atoms with Gasteiger partial charge in [-0.05, 0) is 37.5 Å². The maximum atomic E-state index is 9.56. The van der Waals surface area contributed by atoms with Gasteiger partial charge in [0.1, 0.15) is 0 Å². The van der Waals surface area contributed by atoms with Gasteiger partial charge in [0.05, 0.1) is 16.8 Å². The van der Waals surface area contributed by atoms with E-state index in [0.717, 1.165) is 29.4 Å². The summed E-state index contributed by atoms with van der Waals surface area (Å²) in [4.78, 5) is 2.38. The van der Waals surface area contributed by atoms with Gasteiger partial charge in [-0.15, -0.1) is 0 Å². The topological polar surface area (TPSA) is 23.5 Å². The van der Waals surface area contributed by atoms with E-state index in [2.05, 4.69) is 4.90 Å². The second-order valence-corrected chi connectivity index (χ2v) is 5.55. The summed E-state index contributed by atoms with van der Waals surface area (Å²) in [6.07, 6.45) is 6.04. The van der Waals surface area contributed by atoms with Crippen LogP contribution in [0.15, 0.2) is 18.2 Å². The summed E-state index contributed by atoms with van der Waals surface area (Å²) in [6.45, 7) is 3.95. The fourth-order valence-electron chi connectivity index (χ4n) is 2.53. The molecule has 0 bridgehead atoms. The van der Waals surface area contributed by atoms with Gasteiger partial charge in [0.25, 0.3) is 0 Å². The van der Waals surface area contributed by atoms with Gasteiger partial charge >= 0.3 is 0 Å². The van der Waals surface area contributed by atoms with E-state index in [4.69, 9.17) is 11.6 Å². The van der Waals surface area contributed by atoms with Crippen molar-refractivity contribution in [2.75, 3.05) is 18.0 Å². The molecular weight excluding hydrogens is 246 g/mol. The Hall–Kier alpha value is -0.730. The van der Waals surface area contributed by atoms with Crippen LogP contribution in [0.4, 0.5) is 5.69 Å². The standard InChI is InChI=1S/C15H22ClNO/c1-12(18)13-7-8-15(14(16)11-13)17-9-5-3-2-4-6-10-17/h7-8,11-12,18H,2-6,9-10H2,1H3. The molecule has 18 heavy (non-hydrogen) atoms. The highest BCUT2D eigenvalue weighted by molar-refractivity contribution is 6.33. The Bertz CT molecular complexity index is 384. The summed E-state index contributed by atoms with van der Waals surface area (Å²) in [5, 5.41) is 10.3. The fraction of sp³-hybridized carbons (Fsp3) is 0.600. The molecule has 2 rings (SSSR count). The number of aliphatic hydroxyl groups is 1. The fourth-order valence-corrected chi connectivity index (χ4v) is 2.84. The third-order valence-electron chi connectivity index (χ3n) is 3.65. The van der Waals surface area contributed by atoms with Crippen LogP contribution in [-0.2, 0) is 0 Å². The van der Waals surface area contributed by atoms with E-state index in [1.807, 2.05) is 18.2 Å². The molecule has 0 saturated carbocycles. The summed E-state index contributed by atoms with van der Waals surface area (Å²) in [5.41, 5.74) is 2.00. The Morgan fingerprint density at radius 3 is 2.28 bits per heavy atom. The maximum absolute atomic E-state index is 9.56. The molecule has 0 radical (unpaired) electrons. The normalized spacial score (nSPS) is 19.2. The Balaban J connectivity index is 2.15. The molecular formula is C15H22ClNO. The molecule has 1 fully saturated rings. The number of hydrogen-bond donors (Lipinski definition) is 1. The highest BCUT2D eigenvalue weighted by Gasteiger charge is 2.13. The lowest BCUT2D eigenvalue weighted by Crippen LogP contribution is -2.27. The summed E-state index contributed by atoms with van der Waals surface area (Å²) in [6, 6.07) is 5.91. The monoisotopic (exact) mass is 267 g/mol. The van der Waals surface area contributed by atoms with E-state index in [9.17, 15) is 5.11 Å². The van der Waals surface area contributed by atoms with Gasteiger partial charge in [0, 0.05) is 13.1 Å². The number of rotatable bonds is 2. The van der Waals surface area contributed by atoms with Gasteiger partial charge in [0.2, 0.25) is 0 Å². The zero-order valence-electron chi connectivity index (χ0n) is 11.0. The highest BCUT2D eigenvalue weighted by atomic mass is 35.5. The third kappa shape index (κ3) is 3.39. The zero-order chi connectivity index (χ0) is 13.0. The highest BCUT2D eigenvalue weighted by Crippen LogP contribution is 2.30. The second kappa shape index (κ2) is 6.44. The van der Waals surface area contributed by atoms with Crippen molar-refractivity contribution in [1.82, 2.24) is 0 Å². The largest absolute Gasteiger partial charge is 0.389 e. The van der Waals surface area contributed by atoms with Gasteiger partial charge in [-0.1, -0.05) is 36.9 Å². The lowest BCUT2D eigenvalue weighted by Gasteiger charge is -2.28. The van der Waals surface area contributed by atoms with Gasteiger partial charge in [0.15, 0.2) is 0 Å². The van der Waals surface area contributed by atoms with Crippen molar-refractivity contribution in [1.29, 1.82) is 0 Å². The minimum Gasteiger partial charge on any atom is -0.389 e. The number of anilines is 1. The molecule has 0 aromatic heterocycles. The van der Waals surface area contributed by atoms with Crippen LogP contribution in [0.2, 0.25) is 5.02 Å². The van der Waals surface area contributed by atoms with Crippen molar-refractivity contribution in [3.05, 3.63) is 28.8 Å². The first-order valence-electron chi connectivity index (χ1n) is 6.91. The smallest absolute Gasteiger partial charge is 0.0762 e. The van der Waals surface area contributed by atoms with Crippen molar-refractivity contribution >= 4 is 17.3 Å². The zero-order valence-corrected chi connectivity index (χ0v) is 11.8. The van der Waals surface area contributed by atoms with Gasteiger partial charge < -0.3 is 10.0 Å². The predicted molar refractivity (Wildman–Crippen MR) is 77.4 cm³/mol. The van der Waals surface area contributed by atoms with E-state index in [1.165, 1.54) is 32.1 Å². The molecule has 1 aliphatic heterocycles. The quantitative estimate of drug-likeness (QED) is 0.870. The van der Waals surface area contributed by atoms with Gasteiger partial charge in [-0.25, -0.2) is 0 Å². The van der Waals surface area contributed by atoms with E-state index in [1.54, 1.807) is 6.92 Å². The van der Waals surface area contributed by atoms with Crippen molar-refractivity contribution in [3.8, 4) is 0 Å². The first-order chi connectivity index (χ1) is 8.68. The third-order valence-corrected chi connectivity index (χ3v) is 3.95. The van der Waals surface area contributed by atoms with Crippen LogP contribution in [0.5, 0.6) is 0 Å². The lowest BCUT2D eigenvalue weighted by atomic mass is 10.1. The van der Waals surface area contributed by atoms with Gasteiger partial charge in [-0.2, -0.15) is 0 Å². The molecule has 1 heterocycles. The molecule has 0 aliphatic carbocycles. The maximum Gasteiger partial charge on any atom is 0.0762 e. The second-order valence-electron chi connectivity index (χ2n) is 5.14. The van der Waals surface area contributed by atoms with Crippen molar-refractivity contribution in [2.45, 2.75) is 45.1 Å². The van der Waals surface area contributed by atoms with E-state index in [0.29, 0.717) is 0 Å². The van der Waals surface area contributed by atoms with Gasteiger partial charge in [-0.3, -0.25) is 0 Å². The van der Waals surface area contributed by atoms with E-state index < -0.39 is 6.10 Å². The van der Waals surface area contributed by atoms with Crippen molar-refractivity contribution in [2.24, 2.45) is 0 Å². The molecule has 2 nitrogen and oxygen atoms in total. The first-order valence-corrected chi connectivity index (χ1v) is 7.29. The summed E-state index contributed by atoms with van der Waals surface area (Å²) >= 11 is 6.35. The average molecular weight is 268 g/mol. The number of aliphatic hydroxyl groups excluding tert-OH is 1. The Morgan fingerprint density at radius 1 is 1.11 bits per heavy atom. The van der Waals surface area contributed by atoms with Crippen LogP contribution >= 0.6 is 11.6 Å². The molecule has 1 aliphatic rings. The van der Waals surface area contributed by atoms with Crippen LogP contribution in [0, 0.1) is 0 Å². The summed E-state index contributed by atoms with van der Waals surface area (Å²) < 4.78 is 0. The molecule has 1 unspecified atom stereocenters. The number of halogens is 1. The molecule has 3 heteroatoms. The number of hydrogen-bond acceptors (Lipinski definition) is 2. The van der Waals surface area contributed by atoms with Crippen LogP contribution < -0.4 is 4.90 Å². The van der Waals surface area contributed by atoms with Crippen molar-refractivity contribution < 1.29 is 5.11 Å². The lowest BCUT2D eigenvalue weighted by molar-refractivity contribution is 0.199. The summed E-state index contributed by atoms with van der Waals surface area (Å²) in [7, 11) is 0. The first kappa shape index (κ1) is 13.7. The molecule has 1 aromatic rings. The molecule has 1 atom stereocenters. The molecule has 1 saturated heterocycles.